The van der Waals surface area contributed by atoms with Gasteiger partial charge >= 0.3 is 0 Å². The Morgan fingerprint density at radius 1 is 1.43 bits per heavy atom. The Balaban J connectivity index is 2.15. The zero-order chi connectivity index (χ0) is 15.5. The molecule has 1 aliphatic rings. The highest BCUT2D eigenvalue weighted by Gasteiger charge is 2.42. The zero-order valence-electron chi connectivity index (χ0n) is 12.3. The third-order valence-corrected chi connectivity index (χ3v) is 6.46. The average Bonchev–Trinajstić information content (AvgIpc) is 3.26. The Bertz CT molecular complexity index is 597. The third kappa shape index (κ3) is 3.91. The van der Waals surface area contributed by atoms with Crippen LogP contribution in [0.2, 0.25) is 0 Å². The summed E-state index contributed by atoms with van der Waals surface area (Å²) in [4.78, 5) is 0.159. The highest BCUT2D eigenvalue weighted by molar-refractivity contribution is 8.00. The van der Waals surface area contributed by atoms with Crippen molar-refractivity contribution < 1.29 is 18.3 Å². The lowest BCUT2D eigenvalue weighted by molar-refractivity contribution is 0.266. The first-order valence-electron chi connectivity index (χ1n) is 6.88. The van der Waals surface area contributed by atoms with Gasteiger partial charge in [0.25, 0.3) is 0 Å². The maximum absolute atomic E-state index is 12.3. The molecule has 118 valence electrons. The summed E-state index contributed by atoms with van der Waals surface area (Å²) in [6.07, 6.45) is 4.09. The minimum atomic E-state index is -3.56. The van der Waals surface area contributed by atoms with Gasteiger partial charge in [-0.05, 0) is 44.2 Å². The van der Waals surface area contributed by atoms with Gasteiger partial charge in [-0.25, -0.2) is 13.1 Å². The Morgan fingerprint density at radius 3 is 2.67 bits per heavy atom. The number of aliphatic hydroxyl groups excluding tert-OH is 1. The molecule has 0 radical (unpaired) electrons. The van der Waals surface area contributed by atoms with E-state index >= 15 is 0 Å². The Labute approximate surface area is 130 Å². The number of hydrogen-bond acceptors (Lipinski definition) is 5. The molecule has 2 rings (SSSR count). The van der Waals surface area contributed by atoms with Gasteiger partial charge in [-0.2, -0.15) is 11.8 Å². The molecule has 1 aromatic carbocycles. The normalized spacial score (nSPS) is 16.7. The van der Waals surface area contributed by atoms with Crippen LogP contribution in [0, 0.1) is 0 Å². The van der Waals surface area contributed by atoms with Gasteiger partial charge in [-0.1, -0.05) is 0 Å². The molecule has 1 saturated carbocycles. The number of nitrogens with one attached hydrogen (secondary N) is 1. The van der Waals surface area contributed by atoms with Crippen LogP contribution < -0.4 is 9.46 Å². The van der Waals surface area contributed by atoms with Crippen molar-refractivity contribution in [1.82, 2.24) is 4.72 Å². The fourth-order valence-electron chi connectivity index (χ4n) is 2.05. The summed E-state index contributed by atoms with van der Waals surface area (Å²) in [5, 5.41) is 9.34. The van der Waals surface area contributed by atoms with E-state index in [4.69, 9.17) is 4.74 Å². The van der Waals surface area contributed by atoms with Crippen molar-refractivity contribution in [3.05, 3.63) is 23.8 Å². The van der Waals surface area contributed by atoms with Gasteiger partial charge < -0.3 is 9.84 Å². The Morgan fingerprint density at radius 2 is 2.14 bits per heavy atom. The van der Waals surface area contributed by atoms with Crippen LogP contribution in [0.1, 0.15) is 25.3 Å². The number of ether oxygens (including phenoxy) is 1. The van der Waals surface area contributed by atoms with Crippen molar-refractivity contribution in [2.45, 2.75) is 36.0 Å². The van der Waals surface area contributed by atoms with Crippen LogP contribution in [-0.2, 0) is 16.6 Å². The number of rotatable bonds is 8. The molecule has 1 fully saturated rings. The van der Waals surface area contributed by atoms with Crippen molar-refractivity contribution >= 4 is 21.8 Å². The molecule has 21 heavy (non-hydrogen) atoms. The molecule has 7 heteroatoms. The molecule has 0 saturated heterocycles. The van der Waals surface area contributed by atoms with Gasteiger partial charge in [-0.3, -0.25) is 0 Å². The van der Waals surface area contributed by atoms with E-state index in [0.29, 0.717) is 24.5 Å². The second-order valence-corrected chi connectivity index (χ2v) is 8.11. The quantitative estimate of drug-likeness (QED) is 0.759. The molecule has 0 bridgehead atoms. The molecule has 0 aliphatic heterocycles. The van der Waals surface area contributed by atoms with Crippen LogP contribution >= 0.6 is 11.8 Å². The van der Waals surface area contributed by atoms with Gasteiger partial charge in [0.1, 0.15) is 5.75 Å². The maximum Gasteiger partial charge on any atom is 0.240 e. The topological polar surface area (TPSA) is 75.6 Å². The summed E-state index contributed by atoms with van der Waals surface area (Å²) in [6, 6.07) is 4.56. The van der Waals surface area contributed by atoms with Gasteiger partial charge in [0.2, 0.25) is 10.0 Å². The zero-order valence-corrected chi connectivity index (χ0v) is 13.9. The van der Waals surface area contributed by atoms with Crippen LogP contribution in [-0.4, -0.2) is 37.7 Å². The van der Waals surface area contributed by atoms with Crippen molar-refractivity contribution in [2.24, 2.45) is 0 Å². The molecule has 1 aliphatic carbocycles. The van der Waals surface area contributed by atoms with E-state index in [-0.39, 0.29) is 16.2 Å². The molecule has 0 unspecified atom stereocenters. The van der Waals surface area contributed by atoms with Gasteiger partial charge in [0, 0.05) is 16.9 Å². The van der Waals surface area contributed by atoms with Crippen LogP contribution in [0.3, 0.4) is 0 Å². The molecule has 0 atom stereocenters. The first kappa shape index (κ1) is 16.6. The van der Waals surface area contributed by atoms with Crippen molar-refractivity contribution in [2.75, 3.05) is 19.4 Å². The SMILES string of the molecule is CCOc1ccc(S(=O)(=O)NCC2(SC)CC2)cc1CO. The summed E-state index contributed by atoms with van der Waals surface area (Å²) in [7, 11) is -3.56. The van der Waals surface area contributed by atoms with E-state index in [2.05, 4.69) is 4.72 Å². The highest BCUT2D eigenvalue weighted by Crippen LogP contribution is 2.46. The monoisotopic (exact) mass is 331 g/mol. The smallest absolute Gasteiger partial charge is 0.240 e. The van der Waals surface area contributed by atoms with Gasteiger partial charge in [-0.15, -0.1) is 0 Å². The van der Waals surface area contributed by atoms with Gasteiger partial charge in [0.15, 0.2) is 0 Å². The van der Waals surface area contributed by atoms with E-state index in [0.717, 1.165) is 12.8 Å². The number of hydrogen-bond donors (Lipinski definition) is 2. The lowest BCUT2D eigenvalue weighted by Gasteiger charge is -2.15. The van der Waals surface area contributed by atoms with Crippen molar-refractivity contribution in [3.63, 3.8) is 0 Å². The van der Waals surface area contributed by atoms with Crippen LogP contribution in [0.25, 0.3) is 0 Å². The molecule has 0 aromatic heterocycles. The Hall–Kier alpha value is -0.760. The number of aliphatic hydroxyl groups is 1. The summed E-state index contributed by atoms with van der Waals surface area (Å²) in [6.45, 7) is 2.49. The van der Waals surface area contributed by atoms with Crippen molar-refractivity contribution in [1.29, 1.82) is 0 Å². The molecule has 0 amide bonds. The van der Waals surface area contributed by atoms with E-state index in [9.17, 15) is 13.5 Å². The van der Waals surface area contributed by atoms with E-state index < -0.39 is 10.0 Å². The first-order chi connectivity index (χ1) is 9.96. The molecule has 2 N–H and O–H groups in total. The minimum absolute atomic E-state index is 0.0676. The third-order valence-electron chi connectivity index (χ3n) is 3.64. The second kappa shape index (κ2) is 6.56. The van der Waals surface area contributed by atoms with Crippen LogP contribution in [0.5, 0.6) is 5.75 Å². The summed E-state index contributed by atoms with van der Waals surface area (Å²) in [5.74, 6) is 0.515. The highest BCUT2D eigenvalue weighted by atomic mass is 32.2. The molecular formula is C14H21NO4S2. The first-order valence-corrected chi connectivity index (χ1v) is 9.58. The Kier molecular flexibility index (Phi) is 5.19. The van der Waals surface area contributed by atoms with Crippen LogP contribution in [0.4, 0.5) is 0 Å². The van der Waals surface area contributed by atoms with Crippen LogP contribution in [0.15, 0.2) is 23.1 Å². The lowest BCUT2D eigenvalue weighted by atomic mass is 10.2. The predicted octanol–water partition coefficient (Wildman–Crippen LogP) is 1.75. The van der Waals surface area contributed by atoms with E-state index in [1.807, 2.05) is 13.2 Å². The fraction of sp³-hybridized carbons (Fsp3) is 0.571. The molecular weight excluding hydrogens is 310 g/mol. The minimum Gasteiger partial charge on any atom is -0.494 e. The molecule has 1 aromatic rings. The van der Waals surface area contributed by atoms with E-state index in [1.54, 1.807) is 17.8 Å². The van der Waals surface area contributed by atoms with Gasteiger partial charge in [0.05, 0.1) is 18.1 Å². The molecule has 5 nitrogen and oxygen atoms in total. The number of benzene rings is 1. The average molecular weight is 331 g/mol. The summed E-state index contributed by atoms with van der Waals surface area (Å²) in [5.41, 5.74) is 0.478. The largest absolute Gasteiger partial charge is 0.494 e. The standard InChI is InChI=1S/C14H21NO4S2/c1-3-19-13-5-4-12(8-11(13)9-16)21(17,18)15-10-14(20-2)6-7-14/h4-5,8,15-16H,3,6-7,9-10H2,1-2H3. The van der Waals surface area contributed by atoms with E-state index in [1.165, 1.54) is 12.1 Å². The summed E-state index contributed by atoms with van der Waals surface area (Å²) >= 11 is 1.70. The maximum atomic E-state index is 12.3. The van der Waals surface area contributed by atoms with Crippen molar-refractivity contribution in [3.8, 4) is 5.75 Å². The molecule has 0 heterocycles. The predicted molar refractivity (Wildman–Crippen MR) is 84.2 cm³/mol. The lowest BCUT2D eigenvalue weighted by Crippen LogP contribution is -2.31. The number of sulfonamides is 1. The summed E-state index contributed by atoms with van der Waals surface area (Å²) < 4.78 is 32.7. The second-order valence-electron chi connectivity index (χ2n) is 5.07. The fourth-order valence-corrected chi connectivity index (χ4v) is 4.04. The molecule has 0 spiro atoms. The number of thioether (sulfide) groups is 1.